The zero-order valence-corrected chi connectivity index (χ0v) is 14.0. The lowest BCUT2D eigenvalue weighted by atomic mass is 9.97. The lowest BCUT2D eigenvalue weighted by Gasteiger charge is -2.19. The number of hydrogen-bond acceptors (Lipinski definition) is 4. The molecule has 0 aliphatic carbocycles. The van der Waals surface area contributed by atoms with E-state index in [1.54, 1.807) is 25.9 Å². The Morgan fingerprint density at radius 3 is 2.50 bits per heavy atom. The minimum atomic E-state index is -4.53. The van der Waals surface area contributed by atoms with Gasteiger partial charge >= 0.3 is 12.1 Å². The summed E-state index contributed by atoms with van der Waals surface area (Å²) >= 11 is 0. The fourth-order valence-corrected chi connectivity index (χ4v) is 2.69. The number of hydrogen-bond donors (Lipinski definition) is 0. The van der Waals surface area contributed by atoms with E-state index in [4.69, 9.17) is 4.74 Å². The summed E-state index contributed by atoms with van der Waals surface area (Å²) in [6.07, 6.45) is -4.53. The Kier molecular flexibility index (Phi) is 5.13. The van der Waals surface area contributed by atoms with Crippen LogP contribution in [0.5, 0.6) is 0 Å². The van der Waals surface area contributed by atoms with Crippen LogP contribution in [0, 0.1) is 6.92 Å². The molecule has 1 aromatic heterocycles. The predicted octanol–water partition coefficient (Wildman–Crippen LogP) is 3.80. The minimum Gasteiger partial charge on any atom is -0.462 e. The largest absolute Gasteiger partial charge is 0.462 e. The molecule has 0 fully saturated rings. The van der Waals surface area contributed by atoms with Crippen LogP contribution in [-0.4, -0.2) is 36.6 Å². The van der Waals surface area contributed by atoms with E-state index in [9.17, 15) is 18.0 Å². The number of fused-ring (bicyclic) bond motifs is 1. The van der Waals surface area contributed by atoms with Gasteiger partial charge in [0.2, 0.25) is 0 Å². The van der Waals surface area contributed by atoms with Crippen molar-refractivity contribution < 1.29 is 22.7 Å². The fraction of sp³-hybridized carbons (Fsp3) is 0.412. The van der Waals surface area contributed by atoms with Gasteiger partial charge in [-0.05, 0) is 45.6 Å². The number of benzene rings is 1. The number of aromatic nitrogens is 1. The highest BCUT2D eigenvalue weighted by Crippen LogP contribution is 2.37. The van der Waals surface area contributed by atoms with Gasteiger partial charge in [-0.3, -0.25) is 4.98 Å². The third kappa shape index (κ3) is 3.51. The van der Waals surface area contributed by atoms with Gasteiger partial charge in [0.15, 0.2) is 0 Å². The Bertz CT molecular complexity index is 771. The molecule has 0 radical (unpaired) electrons. The third-order valence-corrected chi connectivity index (χ3v) is 3.59. The summed E-state index contributed by atoms with van der Waals surface area (Å²) in [6, 6.07) is 3.84. The molecule has 0 saturated carbocycles. The topological polar surface area (TPSA) is 42.4 Å². The zero-order chi connectivity index (χ0) is 18.1. The van der Waals surface area contributed by atoms with E-state index in [2.05, 4.69) is 4.98 Å². The van der Waals surface area contributed by atoms with Crippen molar-refractivity contribution in [1.29, 1.82) is 0 Å². The van der Waals surface area contributed by atoms with Crippen molar-refractivity contribution in [1.82, 2.24) is 9.88 Å². The average Bonchev–Trinajstić information content (AvgIpc) is 2.45. The monoisotopic (exact) mass is 340 g/mol. The average molecular weight is 340 g/mol. The second-order valence-electron chi connectivity index (χ2n) is 5.71. The van der Waals surface area contributed by atoms with Crippen LogP contribution in [-0.2, 0) is 17.5 Å². The van der Waals surface area contributed by atoms with E-state index in [1.807, 2.05) is 0 Å². The van der Waals surface area contributed by atoms with Crippen molar-refractivity contribution in [2.24, 2.45) is 0 Å². The van der Waals surface area contributed by atoms with Crippen LogP contribution in [0.3, 0.4) is 0 Å². The zero-order valence-electron chi connectivity index (χ0n) is 14.0. The molecule has 0 unspecified atom stereocenters. The maximum Gasteiger partial charge on any atom is 0.417 e. The number of aryl methyl sites for hydroxylation is 1. The van der Waals surface area contributed by atoms with Gasteiger partial charge in [0.25, 0.3) is 0 Å². The molecule has 0 spiro atoms. The van der Waals surface area contributed by atoms with Crippen LogP contribution in [0.4, 0.5) is 13.2 Å². The Morgan fingerprint density at radius 2 is 1.96 bits per heavy atom. The SMILES string of the molecule is CCOC(=O)c1c(CN(C)C)nc2cccc(C(F)(F)F)c2c1C. The molecule has 7 heteroatoms. The smallest absolute Gasteiger partial charge is 0.417 e. The van der Waals surface area contributed by atoms with Crippen molar-refractivity contribution in [3.63, 3.8) is 0 Å². The fourth-order valence-electron chi connectivity index (χ4n) is 2.69. The predicted molar refractivity (Wildman–Crippen MR) is 84.8 cm³/mol. The van der Waals surface area contributed by atoms with Gasteiger partial charge in [0.1, 0.15) is 0 Å². The van der Waals surface area contributed by atoms with Gasteiger partial charge < -0.3 is 9.64 Å². The summed E-state index contributed by atoms with van der Waals surface area (Å²) in [7, 11) is 3.59. The first kappa shape index (κ1) is 18.2. The van der Waals surface area contributed by atoms with Crippen molar-refractivity contribution in [3.05, 3.63) is 40.6 Å². The molecule has 2 rings (SSSR count). The maximum atomic E-state index is 13.3. The molecule has 2 aromatic rings. The van der Waals surface area contributed by atoms with Crippen LogP contribution < -0.4 is 0 Å². The van der Waals surface area contributed by atoms with Crippen LogP contribution in [0.15, 0.2) is 18.2 Å². The second-order valence-corrected chi connectivity index (χ2v) is 5.71. The van der Waals surface area contributed by atoms with Crippen molar-refractivity contribution in [2.75, 3.05) is 20.7 Å². The van der Waals surface area contributed by atoms with Crippen molar-refractivity contribution in [3.8, 4) is 0 Å². The van der Waals surface area contributed by atoms with Gasteiger partial charge in [0, 0.05) is 11.9 Å². The summed E-state index contributed by atoms with van der Waals surface area (Å²) in [4.78, 5) is 18.4. The van der Waals surface area contributed by atoms with Crippen LogP contribution >= 0.6 is 0 Å². The Labute approximate surface area is 138 Å². The number of alkyl halides is 3. The van der Waals surface area contributed by atoms with Crippen LogP contribution in [0.2, 0.25) is 0 Å². The lowest BCUT2D eigenvalue weighted by Crippen LogP contribution is -2.19. The molecular weight excluding hydrogens is 321 g/mol. The van der Waals surface area contributed by atoms with E-state index < -0.39 is 17.7 Å². The Balaban J connectivity index is 2.84. The van der Waals surface area contributed by atoms with E-state index >= 15 is 0 Å². The number of halogens is 3. The first-order chi connectivity index (χ1) is 11.2. The van der Waals surface area contributed by atoms with Gasteiger partial charge in [-0.2, -0.15) is 13.2 Å². The number of carbonyl (C=O) groups excluding carboxylic acids is 1. The highest BCUT2D eigenvalue weighted by atomic mass is 19.4. The summed E-state index contributed by atoms with van der Waals surface area (Å²) in [5, 5.41) is -0.0597. The second kappa shape index (κ2) is 6.76. The Hall–Kier alpha value is -2.15. The minimum absolute atomic E-state index is 0.0597. The molecule has 0 saturated heterocycles. The van der Waals surface area contributed by atoms with E-state index in [1.165, 1.54) is 19.1 Å². The van der Waals surface area contributed by atoms with E-state index in [0.29, 0.717) is 12.2 Å². The van der Waals surface area contributed by atoms with E-state index in [0.717, 1.165) is 6.07 Å². The molecule has 0 N–H and O–H groups in total. The number of carbonyl (C=O) groups is 1. The highest BCUT2D eigenvalue weighted by molar-refractivity contribution is 5.99. The first-order valence-electron chi connectivity index (χ1n) is 7.48. The summed E-state index contributed by atoms with van der Waals surface area (Å²) < 4.78 is 45.0. The van der Waals surface area contributed by atoms with E-state index in [-0.39, 0.29) is 28.6 Å². The molecule has 24 heavy (non-hydrogen) atoms. The van der Waals surface area contributed by atoms with Gasteiger partial charge in [-0.15, -0.1) is 0 Å². The summed E-state index contributed by atoms with van der Waals surface area (Å²) in [5.74, 6) is -0.654. The van der Waals surface area contributed by atoms with Crippen LogP contribution in [0.1, 0.15) is 34.1 Å². The lowest BCUT2D eigenvalue weighted by molar-refractivity contribution is -0.136. The van der Waals surface area contributed by atoms with Gasteiger partial charge in [-0.1, -0.05) is 6.07 Å². The number of ether oxygens (including phenoxy) is 1. The van der Waals surface area contributed by atoms with Crippen LogP contribution in [0.25, 0.3) is 10.9 Å². The number of nitrogens with zero attached hydrogens (tertiary/aromatic N) is 2. The molecule has 1 heterocycles. The Morgan fingerprint density at radius 1 is 1.29 bits per heavy atom. The van der Waals surface area contributed by atoms with Crippen molar-refractivity contribution >= 4 is 16.9 Å². The molecule has 0 aliphatic heterocycles. The van der Waals surface area contributed by atoms with Gasteiger partial charge in [0.05, 0.1) is 28.9 Å². The summed E-state index contributed by atoms with van der Waals surface area (Å²) in [5.41, 5.74) is 0.167. The standard InChI is InChI=1S/C17H19F3N2O2/c1-5-24-16(23)15-10(2)14-11(17(18,19)20)7-6-8-12(14)21-13(15)9-22(3)4/h6-8H,5,9H2,1-4H3. The quantitative estimate of drug-likeness (QED) is 0.794. The normalized spacial score (nSPS) is 12.0. The molecule has 0 bridgehead atoms. The number of esters is 1. The molecule has 0 atom stereocenters. The van der Waals surface area contributed by atoms with Gasteiger partial charge in [-0.25, -0.2) is 4.79 Å². The molecule has 0 aliphatic rings. The third-order valence-electron chi connectivity index (χ3n) is 3.59. The first-order valence-corrected chi connectivity index (χ1v) is 7.48. The highest BCUT2D eigenvalue weighted by Gasteiger charge is 2.34. The molecule has 4 nitrogen and oxygen atoms in total. The number of pyridine rings is 1. The number of rotatable bonds is 4. The summed E-state index contributed by atoms with van der Waals surface area (Å²) in [6.45, 7) is 3.61. The maximum absolute atomic E-state index is 13.3. The molecule has 0 amide bonds. The molecule has 1 aromatic carbocycles. The van der Waals surface area contributed by atoms with Crippen molar-refractivity contribution in [2.45, 2.75) is 26.6 Å². The molecular formula is C17H19F3N2O2. The molecule has 130 valence electrons.